The molecule has 0 amide bonds. The first kappa shape index (κ1) is 20.3. The van der Waals surface area contributed by atoms with Crippen molar-refractivity contribution >= 4 is 40.9 Å². The van der Waals surface area contributed by atoms with E-state index in [2.05, 4.69) is 37.4 Å². The minimum Gasteiger partial charge on any atom is -0.360 e. The van der Waals surface area contributed by atoms with Crippen LogP contribution in [-0.4, -0.2) is 44.2 Å². The molecule has 2 aliphatic rings. The molecular formula is C20H27N7S2. The molecule has 1 saturated carbocycles. The molecule has 2 fully saturated rings. The molecule has 2 aromatic heterocycles. The Balaban J connectivity index is 1.54. The molecule has 1 aliphatic heterocycles. The maximum atomic E-state index is 5.52. The van der Waals surface area contributed by atoms with E-state index >= 15 is 0 Å². The fourth-order valence-electron chi connectivity index (χ4n) is 3.91. The minimum absolute atomic E-state index is 0.452. The van der Waals surface area contributed by atoms with Crippen molar-refractivity contribution in [2.45, 2.75) is 61.7 Å². The van der Waals surface area contributed by atoms with Crippen molar-refractivity contribution in [1.82, 2.24) is 25.3 Å². The van der Waals surface area contributed by atoms with Gasteiger partial charge >= 0.3 is 0 Å². The number of rotatable bonds is 5. The number of hydrogen-bond acceptors (Lipinski definition) is 7. The number of piperidine rings is 1. The molecule has 0 radical (unpaired) electrons. The third-order valence-electron chi connectivity index (χ3n) is 5.32. The predicted molar refractivity (Wildman–Crippen MR) is 120 cm³/mol. The number of aromatic nitrogens is 4. The molecule has 1 aliphatic carbocycles. The molecule has 154 valence electrons. The molecule has 1 saturated heterocycles. The molecule has 2 aromatic rings. The monoisotopic (exact) mass is 429 g/mol. The summed E-state index contributed by atoms with van der Waals surface area (Å²) >= 11 is 6.95. The lowest BCUT2D eigenvalue weighted by Crippen LogP contribution is -2.37. The van der Waals surface area contributed by atoms with E-state index in [0.717, 1.165) is 23.9 Å². The van der Waals surface area contributed by atoms with E-state index in [1.165, 1.54) is 50.3 Å². The Bertz CT molecular complexity index is 827. The highest BCUT2D eigenvalue weighted by Gasteiger charge is 2.20. The normalized spacial score (nSPS) is 19.9. The summed E-state index contributed by atoms with van der Waals surface area (Å²) in [6.45, 7) is 4.31. The van der Waals surface area contributed by atoms with Gasteiger partial charge in [0.25, 0.3) is 0 Å². The van der Waals surface area contributed by atoms with E-state index in [1.807, 2.05) is 12.1 Å². The van der Waals surface area contributed by atoms with Crippen LogP contribution < -0.4 is 15.5 Å². The number of nitrogens with zero attached hydrogens (tertiary/aromatic N) is 5. The fourth-order valence-corrected chi connectivity index (χ4v) is 4.87. The first-order chi connectivity index (χ1) is 14.2. The SMILES string of the molecule is C[C@H]1CCCN(c2cc(Sc3ncccn3)nc(NC(=S)NC3CCCC3)n2)C1. The summed E-state index contributed by atoms with van der Waals surface area (Å²) < 4.78 is 0. The van der Waals surface area contributed by atoms with Crippen LogP contribution in [0.4, 0.5) is 11.8 Å². The zero-order chi connectivity index (χ0) is 20.1. The summed E-state index contributed by atoms with van der Waals surface area (Å²) in [5.41, 5.74) is 0. The van der Waals surface area contributed by atoms with Crippen LogP contribution in [0, 0.1) is 5.92 Å². The van der Waals surface area contributed by atoms with Crippen LogP contribution in [0.2, 0.25) is 0 Å². The van der Waals surface area contributed by atoms with E-state index in [1.54, 1.807) is 12.4 Å². The lowest BCUT2D eigenvalue weighted by molar-refractivity contribution is 0.444. The molecule has 9 heteroatoms. The second kappa shape index (κ2) is 9.67. The largest absolute Gasteiger partial charge is 0.360 e. The van der Waals surface area contributed by atoms with Crippen molar-refractivity contribution in [2.75, 3.05) is 23.3 Å². The predicted octanol–water partition coefficient (Wildman–Crippen LogP) is 3.88. The van der Waals surface area contributed by atoms with Gasteiger partial charge in [-0.2, -0.15) is 4.98 Å². The van der Waals surface area contributed by atoms with E-state index in [-0.39, 0.29) is 0 Å². The molecule has 1 atom stereocenters. The standard InChI is InChI=1S/C20H27N7S2/c1-14-6-4-11-27(13-14)16-12-17(29-20-21-9-5-10-22-20)25-18(24-16)26-19(28)23-15-7-2-3-8-15/h5,9-10,12,14-15H,2-4,6-8,11,13H2,1H3,(H2,23,24,25,26,28)/t14-/m0/s1. The first-order valence-corrected chi connectivity index (χ1v) is 11.5. The Morgan fingerprint density at radius 3 is 2.69 bits per heavy atom. The van der Waals surface area contributed by atoms with Crippen molar-refractivity contribution in [3.8, 4) is 0 Å². The number of nitrogens with one attached hydrogen (secondary N) is 2. The topological polar surface area (TPSA) is 78.9 Å². The van der Waals surface area contributed by atoms with Gasteiger partial charge in [-0.15, -0.1) is 0 Å². The number of hydrogen-bond donors (Lipinski definition) is 2. The average Bonchev–Trinajstić information content (AvgIpc) is 3.21. The molecule has 3 heterocycles. The van der Waals surface area contributed by atoms with Crippen molar-refractivity contribution in [3.63, 3.8) is 0 Å². The van der Waals surface area contributed by atoms with E-state index in [4.69, 9.17) is 17.2 Å². The van der Waals surface area contributed by atoms with Gasteiger partial charge in [0, 0.05) is 37.6 Å². The molecule has 2 N–H and O–H groups in total. The fraction of sp³-hybridized carbons (Fsp3) is 0.550. The average molecular weight is 430 g/mol. The Kier molecular flexibility index (Phi) is 6.76. The highest BCUT2D eigenvalue weighted by molar-refractivity contribution is 7.99. The zero-order valence-corrected chi connectivity index (χ0v) is 18.3. The van der Waals surface area contributed by atoms with Gasteiger partial charge in [0.2, 0.25) is 5.95 Å². The van der Waals surface area contributed by atoms with Gasteiger partial charge in [0.05, 0.1) is 0 Å². The van der Waals surface area contributed by atoms with Gasteiger partial charge in [0.1, 0.15) is 10.8 Å². The molecule has 0 aromatic carbocycles. The maximum Gasteiger partial charge on any atom is 0.232 e. The summed E-state index contributed by atoms with van der Waals surface area (Å²) in [6, 6.07) is 4.29. The maximum absolute atomic E-state index is 5.52. The molecule has 4 rings (SSSR count). The quantitative estimate of drug-likeness (QED) is 0.418. The minimum atomic E-state index is 0.452. The van der Waals surface area contributed by atoms with Crippen molar-refractivity contribution in [1.29, 1.82) is 0 Å². The Morgan fingerprint density at radius 2 is 1.93 bits per heavy atom. The Hall–Kier alpha value is -2.00. The molecule has 7 nitrogen and oxygen atoms in total. The summed E-state index contributed by atoms with van der Waals surface area (Å²) in [6.07, 6.45) is 10.8. The van der Waals surface area contributed by atoms with Crippen LogP contribution in [0.15, 0.2) is 34.7 Å². The number of thiocarbonyl (C=S) groups is 1. The van der Waals surface area contributed by atoms with Crippen LogP contribution in [0.25, 0.3) is 0 Å². The van der Waals surface area contributed by atoms with Gasteiger partial charge in [-0.3, -0.25) is 0 Å². The second-order valence-corrected chi connectivity index (χ2v) is 9.19. The lowest BCUT2D eigenvalue weighted by atomic mass is 10.0. The molecular weight excluding hydrogens is 402 g/mol. The van der Waals surface area contributed by atoms with Gasteiger partial charge < -0.3 is 15.5 Å². The lowest BCUT2D eigenvalue weighted by Gasteiger charge is -2.32. The summed E-state index contributed by atoms with van der Waals surface area (Å²) in [7, 11) is 0. The molecule has 0 spiro atoms. The van der Waals surface area contributed by atoms with Crippen LogP contribution in [0.1, 0.15) is 45.4 Å². The van der Waals surface area contributed by atoms with Crippen molar-refractivity contribution < 1.29 is 0 Å². The summed E-state index contributed by atoms with van der Waals surface area (Å²) in [5.74, 6) is 2.11. The third kappa shape index (κ3) is 5.76. The molecule has 29 heavy (non-hydrogen) atoms. The zero-order valence-electron chi connectivity index (χ0n) is 16.7. The highest BCUT2D eigenvalue weighted by atomic mass is 32.2. The molecule has 0 unspecified atom stereocenters. The smallest absolute Gasteiger partial charge is 0.232 e. The van der Waals surface area contributed by atoms with Crippen LogP contribution >= 0.6 is 24.0 Å². The molecule has 0 bridgehead atoms. The van der Waals surface area contributed by atoms with Gasteiger partial charge in [-0.05, 0) is 61.6 Å². The van der Waals surface area contributed by atoms with Crippen molar-refractivity contribution in [3.05, 3.63) is 24.5 Å². The van der Waals surface area contributed by atoms with E-state index in [0.29, 0.717) is 28.2 Å². The van der Waals surface area contributed by atoms with Crippen molar-refractivity contribution in [2.24, 2.45) is 5.92 Å². The first-order valence-electron chi connectivity index (χ1n) is 10.3. The summed E-state index contributed by atoms with van der Waals surface area (Å²) in [4.78, 5) is 20.4. The van der Waals surface area contributed by atoms with Gasteiger partial charge in [-0.1, -0.05) is 19.8 Å². The number of anilines is 2. The summed E-state index contributed by atoms with van der Waals surface area (Å²) in [5, 5.41) is 8.67. The van der Waals surface area contributed by atoms with Crippen LogP contribution in [-0.2, 0) is 0 Å². The van der Waals surface area contributed by atoms with Crippen LogP contribution in [0.5, 0.6) is 0 Å². The Morgan fingerprint density at radius 1 is 1.14 bits per heavy atom. The second-order valence-electron chi connectivity index (χ2n) is 7.79. The van der Waals surface area contributed by atoms with Gasteiger partial charge in [0.15, 0.2) is 10.3 Å². The van der Waals surface area contributed by atoms with E-state index in [9.17, 15) is 0 Å². The third-order valence-corrected chi connectivity index (χ3v) is 6.36. The highest BCUT2D eigenvalue weighted by Crippen LogP contribution is 2.29. The van der Waals surface area contributed by atoms with Gasteiger partial charge in [-0.25, -0.2) is 15.0 Å². The Labute approximate surface area is 181 Å². The van der Waals surface area contributed by atoms with E-state index < -0.39 is 0 Å². The van der Waals surface area contributed by atoms with Crippen LogP contribution in [0.3, 0.4) is 0 Å².